The van der Waals surface area contributed by atoms with Crippen LogP contribution in [0.5, 0.6) is 5.75 Å². The predicted molar refractivity (Wildman–Crippen MR) is 132 cm³/mol. The van der Waals surface area contributed by atoms with Crippen molar-refractivity contribution in [3.05, 3.63) is 65.0 Å². The Labute approximate surface area is 201 Å². The van der Waals surface area contributed by atoms with Crippen molar-refractivity contribution in [2.24, 2.45) is 11.3 Å². The molecule has 3 fully saturated rings. The first-order chi connectivity index (χ1) is 17.1. The summed E-state index contributed by atoms with van der Waals surface area (Å²) in [4.78, 5) is 30.7. The van der Waals surface area contributed by atoms with Crippen molar-refractivity contribution in [1.82, 2.24) is 24.6 Å². The van der Waals surface area contributed by atoms with E-state index in [0.29, 0.717) is 17.3 Å². The summed E-state index contributed by atoms with van der Waals surface area (Å²) in [6.07, 6.45) is 5.90. The Morgan fingerprint density at radius 3 is 2.80 bits per heavy atom. The molecule has 2 N–H and O–H groups in total. The Balaban J connectivity index is 1.21. The third kappa shape index (κ3) is 3.23. The molecule has 35 heavy (non-hydrogen) atoms. The molecule has 0 radical (unpaired) electrons. The van der Waals surface area contributed by atoms with Crippen LogP contribution in [0.1, 0.15) is 37.4 Å². The molecule has 3 heterocycles. The lowest BCUT2D eigenvalue weighted by atomic mass is 10.0. The molecular weight excluding hydrogens is 442 g/mol. The maximum absolute atomic E-state index is 12.9. The van der Waals surface area contributed by atoms with Crippen LogP contribution in [0.3, 0.4) is 0 Å². The molecule has 2 atom stereocenters. The lowest BCUT2D eigenvalue weighted by Gasteiger charge is -2.17. The molecule has 2 aromatic heterocycles. The molecule has 7 rings (SSSR count). The number of nitrogens with one attached hydrogen (secondary N) is 2. The van der Waals surface area contributed by atoms with Gasteiger partial charge in [0, 0.05) is 42.1 Å². The van der Waals surface area contributed by atoms with Crippen molar-refractivity contribution in [3.63, 3.8) is 0 Å². The number of rotatable bonds is 5. The van der Waals surface area contributed by atoms with Crippen LogP contribution in [0.4, 0.5) is 0 Å². The zero-order valence-electron chi connectivity index (χ0n) is 19.6. The van der Waals surface area contributed by atoms with Crippen molar-refractivity contribution in [3.8, 4) is 22.6 Å². The van der Waals surface area contributed by atoms with Gasteiger partial charge in [0.2, 0.25) is 5.91 Å². The van der Waals surface area contributed by atoms with E-state index in [2.05, 4.69) is 39.4 Å². The minimum Gasteiger partial charge on any atom is -0.495 e. The molecule has 3 aliphatic rings. The van der Waals surface area contributed by atoms with Crippen LogP contribution >= 0.6 is 0 Å². The second-order valence-electron chi connectivity index (χ2n) is 10.3. The van der Waals surface area contributed by atoms with Crippen LogP contribution in [-0.2, 0) is 4.79 Å². The highest BCUT2D eigenvalue weighted by atomic mass is 16.5. The number of aromatic amines is 2. The number of aromatic nitrogens is 4. The van der Waals surface area contributed by atoms with Crippen molar-refractivity contribution in [2.45, 2.75) is 31.6 Å². The van der Waals surface area contributed by atoms with E-state index in [1.54, 1.807) is 11.7 Å². The lowest BCUT2D eigenvalue weighted by molar-refractivity contribution is -0.131. The van der Waals surface area contributed by atoms with Crippen LogP contribution in [0.25, 0.3) is 27.7 Å². The second kappa shape index (κ2) is 7.34. The molecular formula is C27H27N5O3. The number of H-pyrrole nitrogens is 2. The fourth-order valence-corrected chi connectivity index (χ4v) is 5.89. The number of carbonyl (C=O) groups is 1. The van der Waals surface area contributed by atoms with Crippen molar-refractivity contribution < 1.29 is 9.53 Å². The third-order valence-electron chi connectivity index (χ3n) is 8.13. The molecule has 1 spiro atoms. The molecule has 8 nitrogen and oxygen atoms in total. The Hall–Kier alpha value is -3.81. The fraction of sp³-hybridized carbons (Fsp3) is 0.370. The maximum atomic E-state index is 12.9. The summed E-state index contributed by atoms with van der Waals surface area (Å²) in [7, 11) is 1.62. The number of amides is 1. The third-order valence-corrected chi connectivity index (χ3v) is 8.13. The van der Waals surface area contributed by atoms with Crippen LogP contribution < -0.4 is 10.4 Å². The van der Waals surface area contributed by atoms with Gasteiger partial charge >= 0.3 is 5.69 Å². The highest BCUT2D eigenvalue weighted by molar-refractivity contribution is 5.85. The quantitative estimate of drug-likeness (QED) is 0.464. The highest BCUT2D eigenvalue weighted by Crippen LogP contribution is 2.64. The van der Waals surface area contributed by atoms with Crippen molar-refractivity contribution in [2.75, 3.05) is 20.2 Å². The van der Waals surface area contributed by atoms with Gasteiger partial charge in [-0.3, -0.25) is 4.79 Å². The summed E-state index contributed by atoms with van der Waals surface area (Å²) in [6, 6.07) is 14.3. The van der Waals surface area contributed by atoms with E-state index in [1.165, 1.54) is 0 Å². The maximum Gasteiger partial charge on any atom is 0.348 e. The number of benzene rings is 2. The van der Waals surface area contributed by atoms with E-state index in [1.807, 2.05) is 29.3 Å². The summed E-state index contributed by atoms with van der Waals surface area (Å²) < 4.78 is 7.41. The Morgan fingerprint density at radius 1 is 1.14 bits per heavy atom. The van der Waals surface area contributed by atoms with Gasteiger partial charge in [0.1, 0.15) is 11.6 Å². The SMILES string of the molecule is COc1cc(-c2ccc3[nH]ccc3c2)ccc1-n1c(C2CC23CCN(C(=O)C2CC2)C3)n[nH]c1=O. The number of hydrogen-bond donors (Lipinski definition) is 2. The Morgan fingerprint density at radius 2 is 1.97 bits per heavy atom. The standard InChI is InChI=1S/C27H27N5O3/c1-35-23-13-18(17-4-6-21-19(12-17)8-10-28-21)5-7-22(23)32-24(29-30-26(32)34)20-14-27(20)9-11-31(15-27)25(33)16-2-3-16/h4-8,10,12-13,16,20,28H,2-3,9,11,14-15H2,1H3,(H,30,34). The van der Waals surface area contributed by atoms with Crippen LogP contribution in [0, 0.1) is 11.3 Å². The van der Waals surface area contributed by atoms with Crippen molar-refractivity contribution >= 4 is 16.8 Å². The van der Waals surface area contributed by atoms with Crippen LogP contribution in [0.15, 0.2) is 53.5 Å². The smallest absolute Gasteiger partial charge is 0.348 e. The average molecular weight is 470 g/mol. The highest BCUT2D eigenvalue weighted by Gasteiger charge is 2.61. The number of hydrogen-bond acceptors (Lipinski definition) is 4. The van der Waals surface area contributed by atoms with Gasteiger partial charge < -0.3 is 14.6 Å². The number of carbonyl (C=O) groups excluding carboxylic acids is 1. The van der Waals surface area contributed by atoms with E-state index >= 15 is 0 Å². The summed E-state index contributed by atoms with van der Waals surface area (Å²) >= 11 is 0. The molecule has 4 aromatic rings. The van der Waals surface area contributed by atoms with Gasteiger partial charge in [-0.2, -0.15) is 5.10 Å². The van der Waals surface area contributed by atoms with Gasteiger partial charge in [-0.1, -0.05) is 12.1 Å². The van der Waals surface area contributed by atoms with Gasteiger partial charge in [0.15, 0.2) is 0 Å². The first-order valence-electron chi connectivity index (χ1n) is 12.3. The molecule has 1 saturated heterocycles. The molecule has 178 valence electrons. The normalized spacial score (nSPS) is 23.3. The van der Waals surface area contributed by atoms with Gasteiger partial charge in [0.25, 0.3) is 0 Å². The molecule has 2 aromatic carbocycles. The summed E-state index contributed by atoms with van der Waals surface area (Å²) in [6.45, 7) is 1.58. The summed E-state index contributed by atoms with van der Waals surface area (Å²) in [5, 5.41) is 8.24. The van der Waals surface area contributed by atoms with E-state index in [0.717, 1.165) is 66.6 Å². The van der Waals surface area contributed by atoms with Gasteiger partial charge in [-0.05, 0) is 72.5 Å². The Kier molecular flexibility index (Phi) is 4.31. The zero-order valence-corrected chi connectivity index (χ0v) is 19.6. The number of ether oxygens (including phenoxy) is 1. The molecule has 0 bridgehead atoms. The van der Waals surface area contributed by atoms with Gasteiger partial charge in [0.05, 0.1) is 12.8 Å². The van der Waals surface area contributed by atoms with E-state index in [9.17, 15) is 9.59 Å². The number of nitrogens with zero attached hydrogens (tertiary/aromatic N) is 3. The Bertz CT molecular complexity index is 1530. The van der Waals surface area contributed by atoms with E-state index in [-0.39, 0.29) is 22.9 Å². The molecule has 2 saturated carbocycles. The fourth-order valence-electron chi connectivity index (χ4n) is 5.89. The van der Waals surface area contributed by atoms with E-state index < -0.39 is 0 Å². The predicted octanol–water partition coefficient (Wildman–Crippen LogP) is 3.83. The molecule has 2 aliphatic carbocycles. The minimum atomic E-state index is -0.272. The van der Waals surface area contributed by atoms with Gasteiger partial charge in [-0.25, -0.2) is 14.5 Å². The van der Waals surface area contributed by atoms with Crippen LogP contribution in [-0.4, -0.2) is 50.8 Å². The molecule has 2 unspecified atom stereocenters. The van der Waals surface area contributed by atoms with Crippen molar-refractivity contribution in [1.29, 1.82) is 0 Å². The van der Waals surface area contributed by atoms with E-state index in [4.69, 9.17) is 4.74 Å². The molecule has 8 heteroatoms. The summed E-state index contributed by atoms with van der Waals surface area (Å²) in [5.41, 5.74) is 3.63. The number of fused-ring (bicyclic) bond motifs is 1. The molecule has 1 aliphatic heterocycles. The zero-order chi connectivity index (χ0) is 23.7. The first-order valence-corrected chi connectivity index (χ1v) is 12.3. The summed E-state index contributed by atoms with van der Waals surface area (Å²) in [5.74, 6) is 2.05. The topological polar surface area (TPSA) is 96.0 Å². The largest absolute Gasteiger partial charge is 0.495 e. The minimum absolute atomic E-state index is 0.0348. The average Bonchev–Trinajstić information content (AvgIpc) is 3.68. The lowest BCUT2D eigenvalue weighted by Crippen LogP contribution is -2.30. The molecule has 1 amide bonds. The number of methoxy groups -OCH3 is 1. The first kappa shape index (κ1) is 20.6. The monoisotopic (exact) mass is 469 g/mol. The van der Waals surface area contributed by atoms with Gasteiger partial charge in [-0.15, -0.1) is 0 Å². The number of likely N-dealkylation sites (tertiary alicyclic amines) is 1. The van der Waals surface area contributed by atoms with Crippen LogP contribution in [0.2, 0.25) is 0 Å². The second-order valence-corrected chi connectivity index (χ2v) is 10.3.